The van der Waals surface area contributed by atoms with Crippen LogP contribution in [0.1, 0.15) is 23.7 Å². The Morgan fingerprint density at radius 2 is 2.15 bits per heavy atom. The lowest BCUT2D eigenvalue weighted by atomic mass is 9.92. The van der Waals surface area contributed by atoms with Crippen LogP contribution < -0.4 is 5.32 Å². The zero-order chi connectivity index (χ0) is 13.5. The molecule has 1 atom stereocenters. The van der Waals surface area contributed by atoms with Crippen LogP contribution in [0, 0.1) is 0 Å². The van der Waals surface area contributed by atoms with Gasteiger partial charge in [0.05, 0.1) is 12.1 Å². The van der Waals surface area contributed by atoms with Crippen molar-refractivity contribution in [3.8, 4) is 11.5 Å². The van der Waals surface area contributed by atoms with Gasteiger partial charge < -0.3 is 9.73 Å². The molecule has 0 radical (unpaired) electrons. The minimum atomic E-state index is -0.117. The highest BCUT2D eigenvalue weighted by molar-refractivity contribution is 5.94. The maximum Gasteiger partial charge on any atom is 0.226 e. The molecule has 0 saturated carbocycles. The van der Waals surface area contributed by atoms with Crippen molar-refractivity contribution in [3.05, 3.63) is 41.9 Å². The molecule has 4 heterocycles. The lowest BCUT2D eigenvalue weighted by molar-refractivity contribution is -0.116. The highest BCUT2D eigenvalue weighted by Crippen LogP contribution is 2.37. The number of H-pyrrole nitrogens is 2. The van der Waals surface area contributed by atoms with E-state index in [1.165, 1.54) is 0 Å². The summed E-state index contributed by atoms with van der Waals surface area (Å²) in [6.45, 7) is 0. The van der Waals surface area contributed by atoms with Gasteiger partial charge in [-0.3, -0.25) is 15.0 Å². The average Bonchev–Trinajstić information content (AvgIpc) is 3.18. The molecule has 1 aliphatic heterocycles. The fourth-order valence-corrected chi connectivity index (χ4v) is 2.48. The van der Waals surface area contributed by atoms with Crippen LogP contribution in [-0.4, -0.2) is 26.3 Å². The summed E-state index contributed by atoms with van der Waals surface area (Å²) in [6.07, 6.45) is 3.74. The Kier molecular flexibility index (Phi) is 2.26. The van der Waals surface area contributed by atoms with E-state index >= 15 is 0 Å². The predicted molar refractivity (Wildman–Crippen MR) is 70.0 cm³/mol. The van der Waals surface area contributed by atoms with Crippen molar-refractivity contribution >= 4 is 11.7 Å². The molecule has 1 unspecified atom stereocenters. The number of anilines is 1. The third kappa shape index (κ3) is 1.63. The molecule has 0 aromatic carbocycles. The molecular weight excluding hydrogens is 258 g/mol. The second-order valence-electron chi connectivity index (χ2n) is 4.68. The Balaban J connectivity index is 1.74. The van der Waals surface area contributed by atoms with E-state index in [0.29, 0.717) is 18.0 Å². The summed E-state index contributed by atoms with van der Waals surface area (Å²) in [5.41, 5.74) is 1.75. The van der Waals surface area contributed by atoms with Crippen LogP contribution in [0.5, 0.6) is 0 Å². The first-order chi connectivity index (χ1) is 9.81. The Morgan fingerprint density at radius 1 is 1.20 bits per heavy atom. The van der Waals surface area contributed by atoms with E-state index in [-0.39, 0.29) is 11.8 Å². The molecule has 100 valence electrons. The molecule has 3 aromatic rings. The number of furan rings is 1. The van der Waals surface area contributed by atoms with Crippen LogP contribution in [0.3, 0.4) is 0 Å². The molecule has 4 rings (SSSR count). The molecular formula is C13H11N5O2. The van der Waals surface area contributed by atoms with Gasteiger partial charge in [-0.15, -0.1) is 0 Å². The topological polar surface area (TPSA) is 99.6 Å². The fourth-order valence-electron chi connectivity index (χ4n) is 2.48. The second kappa shape index (κ2) is 4.09. The first-order valence-corrected chi connectivity index (χ1v) is 6.24. The van der Waals surface area contributed by atoms with E-state index in [2.05, 4.69) is 25.7 Å². The van der Waals surface area contributed by atoms with E-state index in [1.807, 2.05) is 18.2 Å². The normalized spacial score (nSPS) is 17.8. The number of amides is 1. The maximum atomic E-state index is 11.7. The third-order valence-corrected chi connectivity index (χ3v) is 3.43. The fraction of sp³-hybridized carbons (Fsp3) is 0.154. The van der Waals surface area contributed by atoms with Gasteiger partial charge in [-0.05, 0) is 18.2 Å². The van der Waals surface area contributed by atoms with Crippen molar-refractivity contribution in [2.45, 2.75) is 12.3 Å². The van der Waals surface area contributed by atoms with Gasteiger partial charge in [0.2, 0.25) is 5.91 Å². The van der Waals surface area contributed by atoms with Gasteiger partial charge in [0.15, 0.2) is 5.76 Å². The summed E-state index contributed by atoms with van der Waals surface area (Å²) in [6, 6.07) is 5.59. The lowest BCUT2D eigenvalue weighted by Crippen LogP contribution is -2.22. The van der Waals surface area contributed by atoms with Crippen molar-refractivity contribution in [2.24, 2.45) is 0 Å². The van der Waals surface area contributed by atoms with Crippen LogP contribution in [0.4, 0.5) is 5.82 Å². The predicted octanol–water partition coefficient (Wildman–Crippen LogP) is 1.87. The van der Waals surface area contributed by atoms with Gasteiger partial charge in [-0.25, -0.2) is 0 Å². The Morgan fingerprint density at radius 3 is 3.00 bits per heavy atom. The number of hydrogen-bond acceptors (Lipinski definition) is 4. The molecule has 0 aliphatic carbocycles. The standard InChI is InChI=1S/C13H11N5O2/c19-12-5-7(8-6-15-18-13(8)16-12)10-1-2-11(20-10)9-3-4-14-17-9/h1-4,6-7H,5H2,(H,14,17)(H2,15,16,18,19). The van der Waals surface area contributed by atoms with Gasteiger partial charge in [-0.1, -0.05) is 0 Å². The van der Waals surface area contributed by atoms with E-state index in [4.69, 9.17) is 4.42 Å². The van der Waals surface area contributed by atoms with Gasteiger partial charge in [0.25, 0.3) is 0 Å². The summed E-state index contributed by atoms with van der Waals surface area (Å²) in [4.78, 5) is 11.7. The molecule has 3 N–H and O–H groups in total. The maximum absolute atomic E-state index is 11.7. The zero-order valence-electron chi connectivity index (χ0n) is 10.4. The molecule has 0 bridgehead atoms. The number of carbonyl (C=O) groups is 1. The molecule has 7 heteroatoms. The minimum Gasteiger partial charge on any atom is -0.459 e. The molecule has 1 aliphatic rings. The van der Waals surface area contributed by atoms with E-state index < -0.39 is 0 Å². The largest absolute Gasteiger partial charge is 0.459 e. The number of hydrogen-bond donors (Lipinski definition) is 3. The SMILES string of the molecule is O=C1CC(c2ccc(-c3ccn[nH]3)o2)c2cn[nH]c2N1. The summed E-state index contributed by atoms with van der Waals surface area (Å²) in [5.74, 6) is 1.92. The summed E-state index contributed by atoms with van der Waals surface area (Å²) in [5, 5.41) is 16.3. The van der Waals surface area contributed by atoms with Crippen LogP contribution in [-0.2, 0) is 4.79 Å². The first-order valence-electron chi connectivity index (χ1n) is 6.24. The highest BCUT2D eigenvalue weighted by Gasteiger charge is 2.30. The van der Waals surface area contributed by atoms with E-state index in [9.17, 15) is 4.79 Å². The summed E-state index contributed by atoms with van der Waals surface area (Å²) in [7, 11) is 0. The smallest absolute Gasteiger partial charge is 0.226 e. The summed E-state index contributed by atoms with van der Waals surface area (Å²) >= 11 is 0. The second-order valence-corrected chi connectivity index (χ2v) is 4.68. The third-order valence-electron chi connectivity index (χ3n) is 3.43. The molecule has 0 spiro atoms. The minimum absolute atomic E-state index is 0.0498. The van der Waals surface area contributed by atoms with Gasteiger partial charge >= 0.3 is 0 Å². The Bertz CT molecular complexity index is 755. The van der Waals surface area contributed by atoms with Crippen molar-refractivity contribution in [1.29, 1.82) is 0 Å². The molecule has 7 nitrogen and oxygen atoms in total. The van der Waals surface area contributed by atoms with Crippen LogP contribution in [0.15, 0.2) is 35.0 Å². The van der Waals surface area contributed by atoms with Gasteiger partial charge in [0.1, 0.15) is 17.3 Å². The molecule has 3 aromatic heterocycles. The van der Waals surface area contributed by atoms with Gasteiger partial charge in [-0.2, -0.15) is 10.2 Å². The van der Waals surface area contributed by atoms with E-state index in [0.717, 1.165) is 17.0 Å². The zero-order valence-corrected chi connectivity index (χ0v) is 10.4. The number of aromatic nitrogens is 4. The van der Waals surface area contributed by atoms with Crippen LogP contribution >= 0.6 is 0 Å². The number of aromatic amines is 2. The van der Waals surface area contributed by atoms with Crippen molar-refractivity contribution < 1.29 is 9.21 Å². The number of nitrogens with zero attached hydrogens (tertiary/aromatic N) is 2. The Labute approximate surface area is 113 Å². The monoisotopic (exact) mass is 269 g/mol. The molecule has 0 saturated heterocycles. The first kappa shape index (κ1) is 11.0. The highest BCUT2D eigenvalue weighted by atomic mass is 16.3. The number of carbonyl (C=O) groups excluding carboxylic acids is 1. The number of rotatable bonds is 2. The van der Waals surface area contributed by atoms with Gasteiger partial charge in [0, 0.05) is 18.2 Å². The summed E-state index contributed by atoms with van der Waals surface area (Å²) < 4.78 is 5.85. The number of nitrogens with one attached hydrogen (secondary N) is 3. The van der Waals surface area contributed by atoms with Crippen LogP contribution in [0.25, 0.3) is 11.5 Å². The molecule has 0 fully saturated rings. The molecule has 1 amide bonds. The molecule has 20 heavy (non-hydrogen) atoms. The van der Waals surface area contributed by atoms with E-state index in [1.54, 1.807) is 12.4 Å². The Hall–Kier alpha value is -2.83. The average molecular weight is 269 g/mol. The number of fused-ring (bicyclic) bond motifs is 1. The van der Waals surface area contributed by atoms with Crippen molar-refractivity contribution in [2.75, 3.05) is 5.32 Å². The van der Waals surface area contributed by atoms with Crippen LogP contribution in [0.2, 0.25) is 0 Å². The quantitative estimate of drug-likeness (QED) is 0.661. The van der Waals surface area contributed by atoms with Crippen molar-refractivity contribution in [3.63, 3.8) is 0 Å². The van der Waals surface area contributed by atoms with Crippen molar-refractivity contribution in [1.82, 2.24) is 20.4 Å². The lowest BCUT2D eigenvalue weighted by Gasteiger charge is -2.19.